The van der Waals surface area contributed by atoms with E-state index in [-0.39, 0.29) is 17.6 Å². The third-order valence-corrected chi connectivity index (χ3v) is 3.11. The Balaban J connectivity index is 0. The fourth-order valence-corrected chi connectivity index (χ4v) is 2.24. The van der Waals surface area contributed by atoms with Gasteiger partial charge in [-0.3, -0.25) is 9.59 Å². The molecule has 2 N–H and O–H groups in total. The summed E-state index contributed by atoms with van der Waals surface area (Å²) >= 11 is 0. The molecule has 0 aliphatic carbocycles. The third-order valence-electron chi connectivity index (χ3n) is 1.49. The summed E-state index contributed by atoms with van der Waals surface area (Å²) in [5.74, 6) is -0.747. The molecule has 0 saturated carbocycles. The number of carbonyl (C=O) groups is 2. The Morgan fingerprint density at radius 1 is 1.26 bits per heavy atom. The second-order valence-corrected chi connectivity index (χ2v) is 5.84. The number of carbonyl (C=O) groups excluding carboxylic acids is 2. The molecule has 7 heteroatoms. The second-order valence-electron chi connectivity index (χ2n) is 4.07. The molecule has 2 amide bonds. The predicted octanol–water partition coefficient (Wildman–Crippen LogP) is 0.583. The van der Waals surface area contributed by atoms with Crippen molar-refractivity contribution in [2.75, 3.05) is 12.3 Å². The van der Waals surface area contributed by atoms with Gasteiger partial charge in [0.05, 0.1) is 5.75 Å². The maximum Gasteiger partial charge on any atom is 0.256 e. The highest BCUT2D eigenvalue weighted by molar-refractivity contribution is 7.90. The first-order valence-electron chi connectivity index (χ1n) is 5.66. The van der Waals surface area contributed by atoms with Crippen molar-refractivity contribution in [2.45, 2.75) is 20.8 Å². The van der Waals surface area contributed by atoms with Crippen molar-refractivity contribution in [1.82, 2.24) is 10.0 Å². The zero-order chi connectivity index (χ0) is 15.5. The minimum atomic E-state index is -3.46. The van der Waals surface area contributed by atoms with E-state index in [1.54, 1.807) is 19.9 Å². The number of nitrogens with one attached hydrogen (secondary N) is 2. The summed E-state index contributed by atoms with van der Waals surface area (Å²) in [6, 6.07) is 0. The highest BCUT2D eigenvalue weighted by Crippen LogP contribution is 1.96. The molecule has 0 bridgehead atoms. The van der Waals surface area contributed by atoms with Gasteiger partial charge >= 0.3 is 0 Å². The van der Waals surface area contributed by atoms with E-state index in [1.165, 1.54) is 6.92 Å². The van der Waals surface area contributed by atoms with Crippen LogP contribution in [-0.4, -0.2) is 32.5 Å². The predicted molar refractivity (Wildman–Crippen MR) is 75.8 cm³/mol. The van der Waals surface area contributed by atoms with Crippen LogP contribution in [0.4, 0.5) is 0 Å². The number of hydrogen-bond acceptors (Lipinski definition) is 4. The molecule has 0 aromatic rings. The Hall–Kier alpha value is -1.63. The molecule has 110 valence electrons. The van der Waals surface area contributed by atoms with Crippen LogP contribution < -0.4 is 10.0 Å². The summed E-state index contributed by atoms with van der Waals surface area (Å²) in [6.45, 7) is 12.1. The van der Waals surface area contributed by atoms with Gasteiger partial charge in [0.1, 0.15) is 0 Å². The first-order chi connectivity index (χ1) is 8.64. The molecule has 0 rings (SSSR count). The number of hydrogen-bond donors (Lipinski definition) is 2. The molecule has 0 saturated heterocycles. The summed E-state index contributed by atoms with van der Waals surface area (Å²) in [4.78, 5) is 20.6. The Labute approximate surface area is 115 Å². The largest absolute Gasteiger partial charge is 0.353 e. The number of amides is 2. The van der Waals surface area contributed by atoms with Gasteiger partial charge in [-0.25, -0.2) is 13.1 Å². The fourth-order valence-electron chi connectivity index (χ4n) is 0.891. The standard InChI is InChI=1S/C7H13NO3S.C5H9NO/c1-4-7(9)8-12(10,11)5-6(2)3;1-3-4-6-5(2)7/h4,6H,1,5H2,2-3H3,(H,8,9);3H,1,4H2,2H3,(H,6,7). The van der Waals surface area contributed by atoms with Crippen molar-refractivity contribution in [1.29, 1.82) is 0 Å². The van der Waals surface area contributed by atoms with E-state index >= 15 is 0 Å². The zero-order valence-electron chi connectivity index (χ0n) is 11.6. The molecule has 0 aromatic carbocycles. The molecule has 0 unspecified atom stereocenters. The van der Waals surface area contributed by atoms with Crippen molar-refractivity contribution in [3.8, 4) is 0 Å². The van der Waals surface area contributed by atoms with Crippen LogP contribution in [0.25, 0.3) is 0 Å². The Kier molecular flexibility index (Phi) is 10.7. The molecule has 0 spiro atoms. The smallest absolute Gasteiger partial charge is 0.256 e. The lowest BCUT2D eigenvalue weighted by Gasteiger charge is -2.06. The Bertz CT molecular complexity index is 413. The summed E-state index contributed by atoms with van der Waals surface area (Å²) in [5.41, 5.74) is 0. The van der Waals surface area contributed by atoms with Crippen LogP contribution in [0.1, 0.15) is 20.8 Å². The van der Waals surface area contributed by atoms with Crippen LogP contribution in [0, 0.1) is 5.92 Å². The van der Waals surface area contributed by atoms with Crippen LogP contribution in [-0.2, 0) is 19.6 Å². The lowest BCUT2D eigenvalue weighted by Crippen LogP contribution is -2.32. The van der Waals surface area contributed by atoms with Crippen molar-refractivity contribution < 1.29 is 18.0 Å². The van der Waals surface area contributed by atoms with E-state index in [2.05, 4.69) is 18.5 Å². The maximum absolute atomic E-state index is 11.0. The molecule has 19 heavy (non-hydrogen) atoms. The number of sulfonamides is 1. The summed E-state index contributed by atoms with van der Waals surface area (Å²) in [6.07, 6.45) is 2.57. The van der Waals surface area contributed by atoms with Gasteiger partial charge in [0.25, 0.3) is 5.91 Å². The van der Waals surface area contributed by atoms with E-state index < -0.39 is 15.9 Å². The molecule has 6 nitrogen and oxygen atoms in total. The van der Waals surface area contributed by atoms with Crippen molar-refractivity contribution in [3.63, 3.8) is 0 Å². The normalized spacial score (nSPS) is 9.89. The molecule has 0 aliphatic heterocycles. The van der Waals surface area contributed by atoms with E-state index in [0.717, 1.165) is 6.08 Å². The van der Waals surface area contributed by atoms with Gasteiger partial charge in [0.15, 0.2) is 0 Å². The van der Waals surface area contributed by atoms with Crippen molar-refractivity contribution in [3.05, 3.63) is 25.3 Å². The van der Waals surface area contributed by atoms with Crippen LogP contribution in [0.15, 0.2) is 25.3 Å². The quantitative estimate of drug-likeness (QED) is 0.553. The average molecular weight is 290 g/mol. The zero-order valence-corrected chi connectivity index (χ0v) is 12.4. The second kappa shape index (κ2) is 10.3. The first kappa shape index (κ1) is 19.7. The average Bonchev–Trinajstić information content (AvgIpc) is 2.24. The highest BCUT2D eigenvalue weighted by Gasteiger charge is 2.13. The van der Waals surface area contributed by atoms with Gasteiger partial charge < -0.3 is 5.32 Å². The topological polar surface area (TPSA) is 92.3 Å². The fraction of sp³-hybridized carbons (Fsp3) is 0.500. The molecular weight excluding hydrogens is 268 g/mol. The van der Waals surface area contributed by atoms with Crippen LogP contribution >= 0.6 is 0 Å². The van der Waals surface area contributed by atoms with Crippen molar-refractivity contribution in [2.24, 2.45) is 5.92 Å². The lowest BCUT2D eigenvalue weighted by atomic mass is 10.3. The minimum absolute atomic E-state index is 0.000107. The maximum atomic E-state index is 11.0. The first-order valence-corrected chi connectivity index (χ1v) is 7.32. The van der Waals surface area contributed by atoms with E-state index in [1.807, 2.05) is 4.72 Å². The van der Waals surface area contributed by atoms with Crippen LogP contribution in [0.3, 0.4) is 0 Å². The molecular formula is C12H22N2O4S. The third kappa shape index (κ3) is 16.4. The van der Waals surface area contributed by atoms with Gasteiger partial charge in [0.2, 0.25) is 15.9 Å². The van der Waals surface area contributed by atoms with Crippen LogP contribution in [0.5, 0.6) is 0 Å². The summed E-state index contributed by atoms with van der Waals surface area (Å²) in [5, 5.41) is 2.54. The van der Waals surface area contributed by atoms with Gasteiger partial charge in [-0.05, 0) is 12.0 Å². The SMILES string of the molecule is C=CC(=O)NS(=O)(=O)CC(C)C.C=CCNC(C)=O. The summed E-state index contributed by atoms with van der Waals surface area (Å²) in [7, 11) is -3.46. The Morgan fingerprint density at radius 2 is 1.79 bits per heavy atom. The van der Waals surface area contributed by atoms with Crippen LogP contribution in [0.2, 0.25) is 0 Å². The van der Waals surface area contributed by atoms with Gasteiger partial charge in [-0.15, -0.1) is 6.58 Å². The van der Waals surface area contributed by atoms with E-state index in [4.69, 9.17) is 0 Å². The molecule has 0 aliphatic rings. The number of rotatable bonds is 6. The van der Waals surface area contributed by atoms with Crippen molar-refractivity contribution >= 4 is 21.8 Å². The minimum Gasteiger partial charge on any atom is -0.353 e. The molecule has 0 fully saturated rings. The van der Waals surface area contributed by atoms with Gasteiger partial charge in [-0.2, -0.15) is 0 Å². The molecule has 0 atom stereocenters. The van der Waals surface area contributed by atoms with E-state index in [0.29, 0.717) is 6.54 Å². The monoisotopic (exact) mass is 290 g/mol. The highest BCUT2D eigenvalue weighted by atomic mass is 32.2. The molecule has 0 aromatic heterocycles. The molecule has 0 radical (unpaired) electrons. The Morgan fingerprint density at radius 3 is 2.05 bits per heavy atom. The summed E-state index contributed by atoms with van der Waals surface area (Å²) < 4.78 is 23.9. The van der Waals surface area contributed by atoms with Gasteiger partial charge in [0, 0.05) is 13.5 Å². The lowest BCUT2D eigenvalue weighted by molar-refractivity contribution is -0.118. The molecule has 0 heterocycles. The van der Waals surface area contributed by atoms with Gasteiger partial charge in [-0.1, -0.05) is 26.5 Å². The van der Waals surface area contributed by atoms with E-state index in [9.17, 15) is 18.0 Å².